The minimum atomic E-state index is -0.450. The summed E-state index contributed by atoms with van der Waals surface area (Å²) in [6, 6.07) is 20.2. The first-order valence-electron chi connectivity index (χ1n) is 14.0. The molecule has 8 heteroatoms. The molecule has 1 aliphatic rings. The van der Waals surface area contributed by atoms with Gasteiger partial charge in [-0.1, -0.05) is 36.4 Å². The highest BCUT2D eigenvalue weighted by Crippen LogP contribution is 2.41. The van der Waals surface area contributed by atoms with Crippen molar-refractivity contribution in [3.8, 4) is 11.5 Å². The molecule has 216 valence electrons. The topological polar surface area (TPSA) is 62.8 Å². The van der Waals surface area contributed by atoms with E-state index in [0.29, 0.717) is 29.7 Å². The summed E-state index contributed by atoms with van der Waals surface area (Å²) in [5.74, 6) is 1.39. The van der Waals surface area contributed by atoms with Crippen LogP contribution in [0.4, 0.5) is 21.8 Å². The Kier molecular flexibility index (Phi) is 7.79. The highest BCUT2D eigenvalue weighted by atomic mass is 19.1. The van der Waals surface area contributed by atoms with E-state index in [9.17, 15) is 0 Å². The van der Waals surface area contributed by atoms with E-state index < -0.39 is 5.82 Å². The zero-order valence-electron chi connectivity index (χ0n) is 25.0. The molecule has 0 atom stereocenters. The van der Waals surface area contributed by atoms with Crippen molar-refractivity contribution in [3.63, 3.8) is 0 Å². The molecule has 3 aromatic carbocycles. The Balaban J connectivity index is 1.55. The fourth-order valence-electron chi connectivity index (χ4n) is 6.08. The van der Waals surface area contributed by atoms with Crippen LogP contribution in [0.15, 0.2) is 66.9 Å². The monoisotopic (exact) mass is 557 g/mol. The SMILES string of the molecule is COc1cc(Nc2ncc(F)c(N(Cc3ccc4ccccc4c3)C3CC(C)(C)N(C)C(C)(C)C3)n2)cc(OC)c1. The van der Waals surface area contributed by atoms with Gasteiger partial charge in [-0.25, -0.2) is 9.37 Å². The van der Waals surface area contributed by atoms with Gasteiger partial charge in [-0.15, -0.1) is 0 Å². The standard InChI is InChI=1S/C33H40FN5O2/c1-32(2)18-26(19-33(3,4)38(32)5)39(21-22-12-13-23-10-8-9-11-24(23)14-22)30-29(34)20-35-31(37-30)36-25-15-27(40-6)17-28(16-25)41-7/h8-17,20,26H,18-19,21H2,1-7H3,(H,35,36,37). The first-order valence-corrected chi connectivity index (χ1v) is 14.0. The summed E-state index contributed by atoms with van der Waals surface area (Å²) in [6.07, 6.45) is 2.97. The Hall–Kier alpha value is -3.91. The van der Waals surface area contributed by atoms with Crippen LogP contribution in [0, 0.1) is 5.82 Å². The Labute approximate surface area is 242 Å². The minimum absolute atomic E-state index is 0.0526. The molecular formula is C33H40FN5O2. The summed E-state index contributed by atoms with van der Waals surface area (Å²) in [5.41, 5.74) is 1.61. The number of rotatable bonds is 8. The molecule has 4 aromatic rings. The molecule has 0 aliphatic carbocycles. The van der Waals surface area contributed by atoms with Crippen molar-refractivity contribution in [2.24, 2.45) is 0 Å². The van der Waals surface area contributed by atoms with E-state index in [4.69, 9.17) is 14.5 Å². The molecule has 41 heavy (non-hydrogen) atoms. The molecule has 1 N–H and O–H groups in total. The maximum atomic E-state index is 15.7. The number of nitrogens with one attached hydrogen (secondary N) is 1. The number of anilines is 3. The van der Waals surface area contributed by atoms with Gasteiger partial charge in [0.1, 0.15) is 11.5 Å². The van der Waals surface area contributed by atoms with Crippen molar-refractivity contribution in [2.75, 3.05) is 31.5 Å². The van der Waals surface area contributed by atoms with Crippen molar-refractivity contribution in [1.29, 1.82) is 0 Å². The minimum Gasteiger partial charge on any atom is -0.497 e. The number of halogens is 1. The third-order valence-electron chi connectivity index (χ3n) is 8.50. The maximum Gasteiger partial charge on any atom is 0.229 e. The van der Waals surface area contributed by atoms with E-state index in [1.54, 1.807) is 20.3 Å². The van der Waals surface area contributed by atoms with E-state index in [-0.39, 0.29) is 22.9 Å². The molecule has 0 saturated carbocycles. The molecule has 0 spiro atoms. The van der Waals surface area contributed by atoms with E-state index in [1.807, 2.05) is 24.3 Å². The summed E-state index contributed by atoms with van der Waals surface area (Å²) >= 11 is 0. The van der Waals surface area contributed by atoms with Crippen LogP contribution in [-0.2, 0) is 6.54 Å². The van der Waals surface area contributed by atoms with Gasteiger partial charge in [0.15, 0.2) is 11.6 Å². The van der Waals surface area contributed by atoms with Gasteiger partial charge in [0.2, 0.25) is 5.95 Å². The number of benzene rings is 3. The molecule has 7 nitrogen and oxygen atoms in total. The zero-order valence-corrected chi connectivity index (χ0v) is 25.0. The van der Waals surface area contributed by atoms with Gasteiger partial charge in [-0.2, -0.15) is 4.98 Å². The van der Waals surface area contributed by atoms with Gasteiger partial charge < -0.3 is 19.7 Å². The highest BCUT2D eigenvalue weighted by Gasteiger charge is 2.45. The first-order chi connectivity index (χ1) is 19.5. The van der Waals surface area contributed by atoms with Gasteiger partial charge in [0, 0.05) is 47.6 Å². The zero-order chi connectivity index (χ0) is 29.4. The Morgan fingerprint density at radius 1 is 0.927 bits per heavy atom. The Bertz CT molecular complexity index is 1500. The quantitative estimate of drug-likeness (QED) is 0.246. The number of nitrogens with zero attached hydrogens (tertiary/aromatic N) is 4. The smallest absolute Gasteiger partial charge is 0.229 e. The summed E-state index contributed by atoms with van der Waals surface area (Å²) in [6.45, 7) is 9.55. The maximum absolute atomic E-state index is 15.7. The van der Waals surface area contributed by atoms with Gasteiger partial charge in [0.25, 0.3) is 0 Å². The fraction of sp³-hybridized carbons (Fsp3) is 0.394. The van der Waals surface area contributed by atoms with Crippen LogP contribution in [0.3, 0.4) is 0 Å². The predicted molar refractivity (Wildman–Crippen MR) is 164 cm³/mol. The van der Waals surface area contributed by atoms with Gasteiger partial charge in [-0.05, 0) is 70.0 Å². The molecule has 0 bridgehead atoms. The number of piperidine rings is 1. The number of methoxy groups -OCH3 is 2. The van der Waals surface area contributed by atoms with Crippen LogP contribution in [0.1, 0.15) is 46.1 Å². The largest absolute Gasteiger partial charge is 0.497 e. The summed E-state index contributed by atoms with van der Waals surface area (Å²) in [4.78, 5) is 13.6. The molecule has 0 radical (unpaired) electrons. The lowest BCUT2D eigenvalue weighted by Gasteiger charge is -2.55. The van der Waals surface area contributed by atoms with Crippen molar-refractivity contribution in [2.45, 2.75) is 64.2 Å². The molecular weight excluding hydrogens is 517 g/mol. The van der Waals surface area contributed by atoms with Crippen LogP contribution in [-0.4, -0.2) is 53.3 Å². The Morgan fingerprint density at radius 3 is 2.20 bits per heavy atom. The molecule has 2 heterocycles. The van der Waals surface area contributed by atoms with Gasteiger partial charge in [0.05, 0.1) is 20.4 Å². The molecule has 1 saturated heterocycles. The second-order valence-electron chi connectivity index (χ2n) is 12.1. The number of hydrogen-bond acceptors (Lipinski definition) is 7. The molecule has 1 aliphatic heterocycles. The van der Waals surface area contributed by atoms with Crippen molar-refractivity contribution < 1.29 is 13.9 Å². The number of ether oxygens (including phenoxy) is 2. The Morgan fingerprint density at radius 2 is 1.56 bits per heavy atom. The molecule has 0 unspecified atom stereocenters. The molecule has 0 amide bonds. The second-order valence-corrected chi connectivity index (χ2v) is 12.1. The summed E-state index contributed by atoms with van der Waals surface area (Å²) in [7, 11) is 5.38. The van der Waals surface area contributed by atoms with Gasteiger partial charge in [-0.3, -0.25) is 4.90 Å². The van der Waals surface area contributed by atoms with E-state index in [1.165, 1.54) is 11.6 Å². The number of aromatic nitrogens is 2. The van der Waals surface area contributed by atoms with Crippen LogP contribution >= 0.6 is 0 Å². The average molecular weight is 558 g/mol. The van der Waals surface area contributed by atoms with E-state index in [0.717, 1.165) is 23.8 Å². The van der Waals surface area contributed by atoms with Crippen molar-refractivity contribution in [3.05, 3.63) is 78.2 Å². The van der Waals surface area contributed by atoms with Crippen LogP contribution < -0.4 is 19.7 Å². The van der Waals surface area contributed by atoms with E-state index in [2.05, 4.69) is 85.2 Å². The number of likely N-dealkylation sites (tertiary alicyclic amines) is 1. The van der Waals surface area contributed by atoms with E-state index >= 15 is 4.39 Å². The highest BCUT2D eigenvalue weighted by molar-refractivity contribution is 5.83. The lowest BCUT2D eigenvalue weighted by Crippen LogP contribution is -2.62. The third kappa shape index (κ3) is 6.07. The fourth-order valence-corrected chi connectivity index (χ4v) is 6.08. The van der Waals surface area contributed by atoms with Crippen LogP contribution in [0.2, 0.25) is 0 Å². The average Bonchev–Trinajstić information content (AvgIpc) is 2.95. The second kappa shape index (κ2) is 11.2. The molecule has 5 rings (SSSR count). The van der Waals surface area contributed by atoms with Crippen LogP contribution in [0.5, 0.6) is 11.5 Å². The lowest BCUT2D eigenvalue weighted by atomic mass is 9.77. The van der Waals surface area contributed by atoms with Crippen LogP contribution in [0.25, 0.3) is 10.8 Å². The van der Waals surface area contributed by atoms with Gasteiger partial charge >= 0.3 is 0 Å². The predicted octanol–water partition coefficient (Wildman–Crippen LogP) is 7.19. The summed E-state index contributed by atoms with van der Waals surface area (Å²) < 4.78 is 26.5. The van der Waals surface area contributed by atoms with Crippen molar-refractivity contribution in [1.82, 2.24) is 14.9 Å². The van der Waals surface area contributed by atoms with Crippen molar-refractivity contribution >= 4 is 28.2 Å². The molecule has 1 fully saturated rings. The lowest BCUT2D eigenvalue weighted by molar-refractivity contribution is -0.0132. The third-order valence-corrected chi connectivity index (χ3v) is 8.50. The first kappa shape index (κ1) is 28.6. The summed E-state index contributed by atoms with van der Waals surface area (Å²) in [5, 5.41) is 5.56. The number of fused-ring (bicyclic) bond motifs is 1. The number of hydrogen-bond donors (Lipinski definition) is 1. The normalized spacial score (nSPS) is 16.9. The molecule has 1 aromatic heterocycles.